The number of rotatable bonds is 7. The number of carbonyl (C=O) groups is 1. The van der Waals surface area contributed by atoms with Gasteiger partial charge in [0.2, 0.25) is 0 Å². The van der Waals surface area contributed by atoms with Crippen molar-refractivity contribution in [2.24, 2.45) is 5.92 Å². The number of nitrogens with zero attached hydrogens (tertiary/aromatic N) is 8. The van der Waals surface area contributed by atoms with Crippen LogP contribution >= 0.6 is 0 Å². The van der Waals surface area contributed by atoms with E-state index in [4.69, 9.17) is 15.5 Å². The number of nitrogens with one attached hydrogen (secondary N) is 2. The zero-order chi connectivity index (χ0) is 37.8. The van der Waals surface area contributed by atoms with Gasteiger partial charge < -0.3 is 10.2 Å². The van der Waals surface area contributed by atoms with Crippen molar-refractivity contribution in [2.45, 2.75) is 32.6 Å². The molecule has 6 rings (SSSR count). The van der Waals surface area contributed by atoms with Gasteiger partial charge in [0.1, 0.15) is 12.1 Å². The fourth-order valence-electron chi connectivity index (χ4n) is 5.19. The topological polar surface area (TPSA) is 169 Å². The molecule has 1 atom stereocenters. The van der Waals surface area contributed by atoms with Crippen molar-refractivity contribution < 1.29 is 51.4 Å². The summed E-state index contributed by atoms with van der Waals surface area (Å²) in [6.07, 6.45) is -4.60. The molecule has 0 spiro atoms. The number of halogens is 6. The number of urea groups is 1. The van der Waals surface area contributed by atoms with Crippen molar-refractivity contribution in [2.75, 3.05) is 50.7 Å². The Bertz CT molecular complexity index is 1620. The molecule has 51 heavy (non-hydrogen) atoms. The Hall–Kier alpha value is -4.67. The standard InChI is InChI=1S/C26H32N10O.C2H4.2CHF3O2/c1-18(2)22-16-34(14-13-33-11-8-27-9-12-33)26(37)36(22)23-7-10-35-25(31-23)21(15-30-35)19-3-5-20(6-4-19)24-28-17-29-32-24;1-2;2*2-1(3,4)6-5/h3-7,10,15,17-18,22,27H,8-9,11-14,16H2,1-2H3,(H,28,29,32);1-2H2;2*5H/t22-;;;/m1.../s1. The summed E-state index contributed by atoms with van der Waals surface area (Å²) >= 11 is 0. The molecular formula is C30H38F6N10O5. The Kier molecular flexibility index (Phi) is 14.8. The SMILES string of the molecule is C=C.CC(C)[C@H]1CN(CCN2CCNCC2)C(=O)N1c1ccn2ncc(-c3ccc(-c4ncn[nH]4)cc3)c2n1.OOC(F)(F)F.OOC(F)(F)F. The second-order valence-electron chi connectivity index (χ2n) is 11.1. The molecule has 4 aromatic rings. The van der Waals surface area contributed by atoms with Gasteiger partial charge in [-0.3, -0.25) is 14.9 Å². The molecule has 2 fully saturated rings. The molecule has 0 radical (unpaired) electrons. The Morgan fingerprint density at radius 1 is 0.961 bits per heavy atom. The van der Waals surface area contributed by atoms with E-state index in [9.17, 15) is 31.1 Å². The van der Waals surface area contributed by atoms with Crippen molar-refractivity contribution in [3.63, 3.8) is 0 Å². The molecule has 2 aliphatic heterocycles. The third-order valence-corrected chi connectivity index (χ3v) is 7.57. The highest BCUT2D eigenvalue weighted by molar-refractivity contribution is 5.94. The highest BCUT2D eigenvalue weighted by atomic mass is 19.4. The average molecular weight is 733 g/mol. The molecule has 280 valence electrons. The van der Waals surface area contributed by atoms with Crippen LogP contribution in [-0.4, -0.2) is 121 Å². The van der Waals surface area contributed by atoms with Gasteiger partial charge in [0.25, 0.3) is 0 Å². The van der Waals surface area contributed by atoms with Gasteiger partial charge in [0, 0.05) is 63.1 Å². The fourth-order valence-corrected chi connectivity index (χ4v) is 5.19. The van der Waals surface area contributed by atoms with Crippen LogP contribution in [0.15, 0.2) is 62.2 Å². The first-order valence-electron chi connectivity index (χ1n) is 15.3. The molecule has 15 nitrogen and oxygen atoms in total. The number of aromatic nitrogens is 6. The molecule has 2 aliphatic rings. The van der Waals surface area contributed by atoms with Crippen LogP contribution in [0.3, 0.4) is 0 Å². The quantitative estimate of drug-likeness (QED) is 0.0859. The van der Waals surface area contributed by atoms with Gasteiger partial charge >= 0.3 is 18.8 Å². The first-order chi connectivity index (χ1) is 24.2. The summed E-state index contributed by atoms with van der Waals surface area (Å²) in [7, 11) is 0. The number of alkyl halides is 6. The van der Waals surface area contributed by atoms with E-state index < -0.39 is 12.7 Å². The van der Waals surface area contributed by atoms with Crippen molar-refractivity contribution in [1.29, 1.82) is 0 Å². The maximum absolute atomic E-state index is 13.6. The molecule has 0 unspecified atom stereocenters. The van der Waals surface area contributed by atoms with E-state index in [-0.39, 0.29) is 12.1 Å². The summed E-state index contributed by atoms with van der Waals surface area (Å²) in [5, 5.41) is 28.3. The highest BCUT2D eigenvalue weighted by Gasteiger charge is 2.40. The number of anilines is 1. The van der Waals surface area contributed by atoms with Crippen LogP contribution < -0.4 is 10.2 Å². The molecule has 2 saturated heterocycles. The molecule has 4 N–H and O–H groups in total. The third kappa shape index (κ3) is 11.7. The maximum Gasteiger partial charge on any atom is 0.549 e. The fraction of sp³-hybridized carbons (Fsp3) is 0.433. The normalized spacial score (nSPS) is 16.7. The van der Waals surface area contributed by atoms with Crippen LogP contribution in [0, 0.1) is 5.92 Å². The van der Waals surface area contributed by atoms with Crippen molar-refractivity contribution >= 4 is 17.5 Å². The lowest BCUT2D eigenvalue weighted by Crippen LogP contribution is -2.46. The number of carbonyl (C=O) groups excluding carboxylic acids is 1. The monoisotopic (exact) mass is 732 g/mol. The largest absolute Gasteiger partial charge is 0.549 e. The zero-order valence-electron chi connectivity index (χ0n) is 27.6. The van der Waals surface area contributed by atoms with Crippen molar-refractivity contribution in [3.05, 3.63) is 62.2 Å². The molecule has 1 aromatic carbocycles. The van der Waals surface area contributed by atoms with Gasteiger partial charge in [0.05, 0.1) is 12.2 Å². The number of amides is 2. The van der Waals surface area contributed by atoms with Gasteiger partial charge in [-0.15, -0.1) is 49.3 Å². The molecule has 0 aliphatic carbocycles. The van der Waals surface area contributed by atoms with Crippen LogP contribution in [0.1, 0.15) is 13.8 Å². The van der Waals surface area contributed by atoms with E-state index in [0.717, 1.165) is 67.4 Å². The predicted octanol–water partition coefficient (Wildman–Crippen LogP) is 5.15. The van der Waals surface area contributed by atoms with Crippen molar-refractivity contribution in [1.82, 2.24) is 44.9 Å². The minimum atomic E-state index is -4.90. The Morgan fingerprint density at radius 3 is 2.08 bits per heavy atom. The number of H-pyrrole nitrogens is 1. The smallest absolute Gasteiger partial charge is 0.321 e. The zero-order valence-corrected chi connectivity index (χ0v) is 27.6. The van der Waals surface area contributed by atoms with E-state index in [1.807, 2.05) is 62.3 Å². The van der Waals surface area contributed by atoms with Gasteiger partial charge in [-0.1, -0.05) is 38.1 Å². The van der Waals surface area contributed by atoms with Crippen LogP contribution in [0.25, 0.3) is 28.2 Å². The van der Waals surface area contributed by atoms with Crippen LogP contribution in [0.2, 0.25) is 0 Å². The number of hydrogen-bond acceptors (Lipinski definition) is 11. The highest BCUT2D eigenvalue weighted by Crippen LogP contribution is 2.31. The number of fused-ring (bicyclic) bond motifs is 1. The van der Waals surface area contributed by atoms with Gasteiger partial charge in [-0.25, -0.2) is 29.8 Å². The molecular weight excluding hydrogens is 694 g/mol. The number of hydrogen-bond donors (Lipinski definition) is 4. The minimum absolute atomic E-state index is 0.0307. The van der Waals surface area contributed by atoms with E-state index in [1.165, 1.54) is 6.33 Å². The van der Waals surface area contributed by atoms with E-state index in [0.29, 0.717) is 18.3 Å². The van der Waals surface area contributed by atoms with E-state index >= 15 is 0 Å². The lowest BCUT2D eigenvalue weighted by atomic mass is 10.0. The summed E-state index contributed by atoms with van der Waals surface area (Å²) in [5.74, 6) is 1.70. The maximum atomic E-state index is 13.6. The second-order valence-corrected chi connectivity index (χ2v) is 11.1. The molecule has 3 aromatic heterocycles. The number of benzene rings is 1. The third-order valence-electron chi connectivity index (χ3n) is 7.57. The van der Waals surface area contributed by atoms with Crippen LogP contribution in [0.4, 0.5) is 37.0 Å². The van der Waals surface area contributed by atoms with Crippen LogP contribution in [0.5, 0.6) is 0 Å². The molecule has 2 amide bonds. The predicted molar refractivity (Wildman–Crippen MR) is 172 cm³/mol. The van der Waals surface area contributed by atoms with Gasteiger partial charge in [-0.05, 0) is 17.5 Å². The Labute approximate surface area is 288 Å². The van der Waals surface area contributed by atoms with Crippen LogP contribution in [-0.2, 0) is 9.78 Å². The van der Waals surface area contributed by atoms with E-state index in [1.54, 1.807) is 4.52 Å². The summed E-state index contributed by atoms with van der Waals surface area (Å²) in [5.41, 5.74) is 3.58. The van der Waals surface area contributed by atoms with Gasteiger partial charge in [0.15, 0.2) is 11.5 Å². The molecule has 0 saturated carbocycles. The lowest BCUT2D eigenvalue weighted by molar-refractivity contribution is -0.465. The molecule has 0 bridgehead atoms. The number of aromatic amines is 1. The van der Waals surface area contributed by atoms with Gasteiger partial charge in [-0.2, -0.15) is 10.2 Å². The Balaban J connectivity index is 0.000000430. The molecule has 21 heteroatoms. The lowest BCUT2D eigenvalue weighted by Gasteiger charge is -2.28. The minimum Gasteiger partial charge on any atom is -0.321 e. The summed E-state index contributed by atoms with van der Waals surface area (Å²) in [6.45, 7) is 16.8. The first kappa shape index (κ1) is 40.8. The molecule has 5 heterocycles. The number of piperazine rings is 1. The van der Waals surface area contributed by atoms with E-state index in [2.05, 4.69) is 57.5 Å². The second kappa shape index (κ2) is 18.5. The Morgan fingerprint density at radius 2 is 1.55 bits per heavy atom. The summed E-state index contributed by atoms with van der Waals surface area (Å²) in [4.78, 5) is 33.0. The first-order valence-corrected chi connectivity index (χ1v) is 15.3. The summed E-state index contributed by atoms with van der Waals surface area (Å²) in [6, 6.07) is 10.0. The van der Waals surface area contributed by atoms with Crippen molar-refractivity contribution in [3.8, 4) is 22.5 Å². The summed E-state index contributed by atoms with van der Waals surface area (Å²) < 4.78 is 63.6. The average Bonchev–Trinajstić information content (AvgIpc) is 3.88.